The molecule has 0 aliphatic heterocycles. The van der Waals surface area contributed by atoms with Crippen molar-refractivity contribution in [2.75, 3.05) is 6.54 Å². The highest BCUT2D eigenvalue weighted by Gasteiger charge is 2.14. The summed E-state index contributed by atoms with van der Waals surface area (Å²) in [4.78, 5) is 20.5. The van der Waals surface area contributed by atoms with Gasteiger partial charge in [-0.2, -0.15) is 4.72 Å². The maximum absolute atomic E-state index is 11.6. The zero-order chi connectivity index (χ0) is 14.5. The van der Waals surface area contributed by atoms with Crippen LogP contribution in [0, 0.1) is 0 Å². The number of carbonyl (C=O) groups is 2. The largest absolute Gasteiger partial charge is 0.480 e. The molecule has 0 spiro atoms. The molecule has 0 radical (unpaired) electrons. The first kappa shape index (κ1) is 14.9. The van der Waals surface area contributed by atoms with E-state index in [0.29, 0.717) is 5.56 Å². The molecule has 0 atom stereocenters. The highest BCUT2D eigenvalue weighted by Crippen LogP contribution is 2.11. The molecule has 3 N–H and O–H groups in total. The summed E-state index contributed by atoms with van der Waals surface area (Å²) in [5.41, 5.74) is 0.514. The first-order valence-corrected chi connectivity index (χ1v) is 6.52. The van der Waals surface area contributed by atoms with Crippen molar-refractivity contribution < 1.29 is 28.2 Å². The minimum Gasteiger partial charge on any atom is -0.480 e. The molecule has 19 heavy (non-hydrogen) atoms. The van der Waals surface area contributed by atoms with E-state index in [1.807, 2.05) is 4.72 Å². The van der Waals surface area contributed by atoms with E-state index >= 15 is 0 Å². The summed E-state index contributed by atoms with van der Waals surface area (Å²) >= 11 is 0. The van der Waals surface area contributed by atoms with Gasteiger partial charge in [-0.3, -0.25) is 4.79 Å². The maximum Gasteiger partial charge on any atom is 0.328 e. The molecule has 7 nitrogen and oxygen atoms in total. The molecule has 0 bridgehead atoms. The summed E-state index contributed by atoms with van der Waals surface area (Å²) in [6.45, 7) is -0.705. The zero-order valence-corrected chi connectivity index (χ0v) is 10.4. The molecule has 8 heteroatoms. The first-order valence-electron chi connectivity index (χ1n) is 5.04. The van der Waals surface area contributed by atoms with Crippen LogP contribution in [0.4, 0.5) is 0 Å². The number of carboxylic acid groups (broad SMARTS) is 2. The number of nitrogens with one attached hydrogen (secondary N) is 1. The number of hydrogen-bond donors (Lipinski definition) is 3. The fourth-order valence-electron chi connectivity index (χ4n) is 1.17. The average molecular weight is 285 g/mol. The molecule has 0 saturated carbocycles. The summed E-state index contributed by atoms with van der Waals surface area (Å²) in [5.74, 6) is -2.40. The van der Waals surface area contributed by atoms with Gasteiger partial charge in [0.05, 0.1) is 4.90 Å². The van der Waals surface area contributed by atoms with Gasteiger partial charge in [-0.1, -0.05) is 12.1 Å². The van der Waals surface area contributed by atoms with Crippen LogP contribution in [0.3, 0.4) is 0 Å². The third kappa shape index (κ3) is 4.90. The SMILES string of the molecule is O=C(O)/C=C/c1ccc(S(=O)(=O)NCC(=O)O)cc1. The molecule has 0 saturated heterocycles. The van der Waals surface area contributed by atoms with Gasteiger partial charge in [-0.05, 0) is 23.8 Å². The van der Waals surface area contributed by atoms with Crippen molar-refractivity contribution >= 4 is 28.0 Å². The Balaban J connectivity index is 2.86. The predicted octanol–water partition coefficient (Wildman–Crippen LogP) is 0.147. The molecular weight excluding hydrogens is 274 g/mol. The van der Waals surface area contributed by atoms with Crippen LogP contribution < -0.4 is 4.72 Å². The number of sulfonamides is 1. The Bertz CT molecular complexity index is 603. The summed E-state index contributed by atoms with van der Waals surface area (Å²) < 4.78 is 25.2. The van der Waals surface area contributed by atoms with E-state index in [-0.39, 0.29) is 4.90 Å². The van der Waals surface area contributed by atoms with E-state index in [4.69, 9.17) is 10.2 Å². The fraction of sp³-hybridized carbons (Fsp3) is 0.0909. The van der Waals surface area contributed by atoms with Crippen LogP contribution in [0.25, 0.3) is 6.08 Å². The number of aliphatic carboxylic acids is 2. The molecule has 1 aromatic rings. The van der Waals surface area contributed by atoms with E-state index in [1.165, 1.54) is 30.3 Å². The maximum atomic E-state index is 11.6. The van der Waals surface area contributed by atoms with Gasteiger partial charge < -0.3 is 10.2 Å². The second-order valence-electron chi connectivity index (χ2n) is 3.46. The number of rotatable bonds is 6. The van der Waals surface area contributed by atoms with Crippen molar-refractivity contribution in [3.05, 3.63) is 35.9 Å². The van der Waals surface area contributed by atoms with E-state index in [1.54, 1.807) is 0 Å². The normalized spacial score (nSPS) is 11.6. The molecule has 1 rings (SSSR count). The van der Waals surface area contributed by atoms with Gasteiger partial charge in [0, 0.05) is 6.08 Å². The smallest absolute Gasteiger partial charge is 0.328 e. The van der Waals surface area contributed by atoms with Gasteiger partial charge in [0.15, 0.2) is 0 Å². The molecule has 0 heterocycles. The van der Waals surface area contributed by atoms with E-state index in [0.717, 1.165) is 6.08 Å². The second-order valence-corrected chi connectivity index (χ2v) is 5.23. The Morgan fingerprint density at radius 1 is 1.16 bits per heavy atom. The van der Waals surface area contributed by atoms with Crippen molar-refractivity contribution in [3.8, 4) is 0 Å². The summed E-state index contributed by atoms with van der Waals surface area (Å²) in [5, 5.41) is 16.8. The van der Waals surface area contributed by atoms with Crippen LogP contribution in [0.5, 0.6) is 0 Å². The molecule has 1 aromatic carbocycles. The Kier molecular flexibility index (Phi) is 4.79. The van der Waals surface area contributed by atoms with Gasteiger partial charge in [-0.25, -0.2) is 13.2 Å². The topological polar surface area (TPSA) is 121 Å². The lowest BCUT2D eigenvalue weighted by Crippen LogP contribution is -2.29. The van der Waals surface area contributed by atoms with E-state index in [2.05, 4.69) is 0 Å². The second kappa shape index (κ2) is 6.12. The van der Waals surface area contributed by atoms with Crippen LogP contribution in [0.15, 0.2) is 35.2 Å². The molecule has 0 aliphatic carbocycles. The van der Waals surface area contributed by atoms with Gasteiger partial charge in [0.2, 0.25) is 10.0 Å². The fourth-order valence-corrected chi connectivity index (χ4v) is 2.14. The minimum absolute atomic E-state index is 0.0961. The van der Waals surface area contributed by atoms with Crippen molar-refractivity contribution in [1.29, 1.82) is 0 Å². The highest BCUT2D eigenvalue weighted by molar-refractivity contribution is 7.89. The lowest BCUT2D eigenvalue weighted by atomic mass is 10.2. The third-order valence-corrected chi connectivity index (χ3v) is 3.44. The Labute approximate surface area is 109 Å². The Morgan fingerprint density at radius 3 is 2.21 bits per heavy atom. The summed E-state index contributed by atoms with van der Waals surface area (Å²) in [7, 11) is -3.87. The summed E-state index contributed by atoms with van der Waals surface area (Å²) in [6.07, 6.45) is 2.23. The summed E-state index contributed by atoms with van der Waals surface area (Å²) in [6, 6.07) is 5.33. The van der Waals surface area contributed by atoms with Crippen molar-refractivity contribution in [2.24, 2.45) is 0 Å². The van der Waals surface area contributed by atoms with Gasteiger partial charge in [0.25, 0.3) is 0 Å². The lowest BCUT2D eigenvalue weighted by molar-refractivity contribution is -0.135. The van der Waals surface area contributed by atoms with E-state index < -0.39 is 28.5 Å². The van der Waals surface area contributed by atoms with Gasteiger partial charge in [-0.15, -0.1) is 0 Å². The van der Waals surface area contributed by atoms with E-state index in [9.17, 15) is 18.0 Å². The van der Waals surface area contributed by atoms with Crippen molar-refractivity contribution in [2.45, 2.75) is 4.90 Å². The van der Waals surface area contributed by atoms with Gasteiger partial charge in [0.1, 0.15) is 6.54 Å². The Hall–Kier alpha value is -2.19. The molecule has 0 amide bonds. The number of benzene rings is 1. The minimum atomic E-state index is -3.87. The lowest BCUT2D eigenvalue weighted by Gasteiger charge is -2.04. The first-order chi connectivity index (χ1) is 8.81. The molecular formula is C11H11NO6S. The molecule has 0 aliphatic rings. The average Bonchev–Trinajstić information content (AvgIpc) is 2.34. The van der Waals surface area contributed by atoms with Crippen LogP contribution in [-0.4, -0.2) is 37.1 Å². The zero-order valence-electron chi connectivity index (χ0n) is 9.61. The van der Waals surface area contributed by atoms with Crippen molar-refractivity contribution in [1.82, 2.24) is 4.72 Å². The molecule has 0 aromatic heterocycles. The number of carboxylic acids is 2. The van der Waals surface area contributed by atoms with Crippen LogP contribution >= 0.6 is 0 Å². The molecule has 0 fully saturated rings. The monoisotopic (exact) mass is 285 g/mol. The van der Waals surface area contributed by atoms with Crippen molar-refractivity contribution in [3.63, 3.8) is 0 Å². The molecule has 0 unspecified atom stereocenters. The van der Waals surface area contributed by atoms with Crippen LogP contribution in [-0.2, 0) is 19.6 Å². The Morgan fingerprint density at radius 2 is 1.74 bits per heavy atom. The van der Waals surface area contributed by atoms with Gasteiger partial charge >= 0.3 is 11.9 Å². The molecule has 102 valence electrons. The highest BCUT2D eigenvalue weighted by atomic mass is 32.2. The standard InChI is InChI=1S/C11H11NO6S/c13-10(14)6-3-8-1-4-9(5-2-8)19(17,18)12-7-11(15)16/h1-6,12H,7H2,(H,13,14)(H,15,16)/b6-3+. The predicted molar refractivity (Wildman–Crippen MR) is 65.9 cm³/mol. The number of hydrogen-bond acceptors (Lipinski definition) is 4. The quantitative estimate of drug-likeness (QED) is 0.640. The van der Waals surface area contributed by atoms with Crippen LogP contribution in [0.1, 0.15) is 5.56 Å². The third-order valence-electron chi connectivity index (χ3n) is 2.02. The van der Waals surface area contributed by atoms with Crippen LogP contribution in [0.2, 0.25) is 0 Å².